The molecule has 1 amide bonds. The van der Waals surface area contributed by atoms with Gasteiger partial charge in [-0.05, 0) is 64.7 Å². The maximum Gasteiger partial charge on any atom is 0.407 e. The maximum atomic E-state index is 12.3. The zero-order chi connectivity index (χ0) is 28.4. The summed E-state index contributed by atoms with van der Waals surface area (Å²) in [6.45, 7) is 5.59. The van der Waals surface area contributed by atoms with Crippen molar-refractivity contribution in [2.24, 2.45) is 17.8 Å². The van der Waals surface area contributed by atoms with E-state index in [1.165, 1.54) is 0 Å². The van der Waals surface area contributed by atoms with Crippen molar-refractivity contribution in [1.29, 1.82) is 0 Å². The number of halogens is 1. The highest BCUT2D eigenvalue weighted by molar-refractivity contribution is 6.33. The second-order valence-electron chi connectivity index (χ2n) is 11.2. The molecular weight excluding hydrogens is 528 g/mol. The summed E-state index contributed by atoms with van der Waals surface area (Å²) in [4.78, 5) is 16.9. The molecule has 5 rings (SSSR count). The summed E-state index contributed by atoms with van der Waals surface area (Å²) in [7, 11) is 1.89. The summed E-state index contributed by atoms with van der Waals surface area (Å²) in [5.41, 5.74) is 11.0. The molecule has 1 aromatic carbocycles. The van der Waals surface area contributed by atoms with Crippen molar-refractivity contribution in [2.75, 3.05) is 5.32 Å². The van der Waals surface area contributed by atoms with Crippen LogP contribution in [0, 0.1) is 0 Å². The van der Waals surface area contributed by atoms with Crippen molar-refractivity contribution in [3.63, 3.8) is 0 Å². The number of amidine groups is 1. The van der Waals surface area contributed by atoms with E-state index in [-0.39, 0.29) is 18.2 Å². The number of aryl methyl sites for hydroxylation is 1. The average Bonchev–Trinajstić information content (AvgIpc) is 3.52. The second-order valence-corrected chi connectivity index (χ2v) is 11.6. The number of carbonyl (C=O) groups excluding carboxylic acids is 1. The molecule has 1 saturated carbocycles. The van der Waals surface area contributed by atoms with Crippen LogP contribution in [0.1, 0.15) is 52.0 Å². The number of anilines is 1. The molecule has 3 heterocycles. The normalized spacial score (nSPS) is 18.1. The largest absolute Gasteiger partial charge is 0.444 e. The van der Waals surface area contributed by atoms with Crippen LogP contribution in [-0.2, 0) is 11.8 Å². The van der Waals surface area contributed by atoms with Crippen LogP contribution < -0.4 is 16.4 Å². The molecule has 3 aromatic heterocycles. The lowest BCUT2D eigenvalue weighted by Crippen LogP contribution is -2.42. The van der Waals surface area contributed by atoms with E-state index in [1.54, 1.807) is 16.9 Å². The molecule has 1 fully saturated rings. The Bertz CT molecular complexity index is 1540. The van der Waals surface area contributed by atoms with E-state index >= 15 is 0 Å². The number of aliphatic imine (C=N–C) groups is 1. The molecule has 0 spiro atoms. The molecule has 0 saturated heterocycles. The number of aromatic nitrogens is 4. The quantitative estimate of drug-likeness (QED) is 0.205. The first-order chi connectivity index (χ1) is 19.1. The molecule has 10 nitrogen and oxygen atoms in total. The van der Waals surface area contributed by atoms with Crippen LogP contribution in [-0.4, -0.2) is 49.0 Å². The number of hydrogen-bond acceptors (Lipinski definition) is 6. The number of fused-ring (bicyclic) bond motifs is 1. The van der Waals surface area contributed by atoms with Gasteiger partial charge in [0.25, 0.3) is 0 Å². The number of alkyl carbamates (subject to hydrolysis) is 1. The number of nitrogens with two attached hydrogens (primary N) is 1. The van der Waals surface area contributed by atoms with Crippen LogP contribution in [0.3, 0.4) is 0 Å². The summed E-state index contributed by atoms with van der Waals surface area (Å²) in [5.74, 6) is 0.315. The highest BCUT2D eigenvalue weighted by Crippen LogP contribution is 2.32. The number of nitrogens with one attached hydrogen (secondary N) is 2. The van der Waals surface area contributed by atoms with Gasteiger partial charge in [-0.3, -0.25) is 4.68 Å². The predicted octanol–water partition coefficient (Wildman–Crippen LogP) is 5.67. The Morgan fingerprint density at radius 2 is 1.80 bits per heavy atom. The standard InChI is InChI=1S/C29H35ClN8O2/c1-29(2,3)40-28(39)35-21-11-9-20(10-12-21)34-26-22(27(31)36-24-8-6-5-7-23(24)30)15-33-38-17-18(13-25(26)38)19-14-32-37(4)16-19/h5-8,13-17,20-21,34H,9-12H2,1-4H3,(H2,31,36)(H,35,39)/t20-,21-. The number of para-hydroxylation sites is 1. The molecule has 1 aliphatic rings. The number of rotatable bonds is 6. The molecule has 4 N–H and O–H groups in total. The van der Waals surface area contributed by atoms with Gasteiger partial charge in [0.2, 0.25) is 0 Å². The van der Waals surface area contributed by atoms with Crippen molar-refractivity contribution < 1.29 is 9.53 Å². The van der Waals surface area contributed by atoms with Gasteiger partial charge in [-0.2, -0.15) is 10.2 Å². The molecule has 0 atom stereocenters. The number of carbonyl (C=O) groups is 1. The van der Waals surface area contributed by atoms with Gasteiger partial charge < -0.3 is 21.1 Å². The van der Waals surface area contributed by atoms with E-state index in [0.717, 1.165) is 48.0 Å². The first-order valence-electron chi connectivity index (χ1n) is 13.4. The molecule has 0 bridgehead atoms. The zero-order valence-corrected chi connectivity index (χ0v) is 23.9. The lowest BCUT2D eigenvalue weighted by Gasteiger charge is -2.31. The van der Waals surface area contributed by atoms with Gasteiger partial charge >= 0.3 is 6.09 Å². The van der Waals surface area contributed by atoms with Crippen molar-refractivity contribution in [3.05, 3.63) is 65.7 Å². The third-order valence-electron chi connectivity index (χ3n) is 6.84. The van der Waals surface area contributed by atoms with Crippen LogP contribution in [0.2, 0.25) is 5.02 Å². The van der Waals surface area contributed by atoms with E-state index < -0.39 is 5.60 Å². The minimum atomic E-state index is -0.525. The molecule has 11 heteroatoms. The van der Waals surface area contributed by atoms with Gasteiger partial charge in [0, 0.05) is 42.7 Å². The lowest BCUT2D eigenvalue weighted by atomic mass is 9.91. The highest BCUT2D eigenvalue weighted by atomic mass is 35.5. The average molecular weight is 563 g/mol. The first-order valence-corrected chi connectivity index (χ1v) is 13.8. The monoisotopic (exact) mass is 562 g/mol. The van der Waals surface area contributed by atoms with Crippen LogP contribution >= 0.6 is 11.6 Å². The Labute approximate surface area is 238 Å². The van der Waals surface area contributed by atoms with E-state index in [2.05, 4.69) is 31.9 Å². The molecule has 0 radical (unpaired) electrons. The minimum absolute atomic E-state index is 0.0715. The van der Waals surface area contributed by atoms with Crippen LogP contribution in [0.5, 0.6) is 0 Å². The number of nitrogens with zero attached hydrogens (tertiary/aromatic N) is 5. The molecule has 40 heavy (non-hydrogen) atoms. The van der Waals surface area contributed by atoms with Gasteiger partial charge in [-0.15, -0.1) is 0 Å². The Hall–Kier alpha value is -4.05. The summed E-state index contributed by atoms with van der Waals surface area (Å²) < 4.78 is 9.04. The molecule has 4 aromatic rings. The predicted molar refractivity (Wildman–Crippen MR) is 158 cm³/mol. The Kier molecular flexibility index (Phi) is 7.71. The summed E-state index contributed by atoms with van der Waals surface area (Å²) in [6.07, 6.45) is 10.5. The molecule has 0 aliphatic heterocycles. The van der Waals surface area contributed by atoms with Gasteiger partial charge in [-0.25, -0.2) is 14.3 Å². The van der Waals surface area contributed by atoms with Gasteiger partial charge in [0.15, 0.2) is 0 Å². The summed E-state index contributed by atoms with van der Waals surface area (Å²) in [6, 6.07) is 9.65. The van der Waals surface area contributed by atoms with Gasteiger partial charge in [0.05, 0.1) is 39.9 Å². The first kappa shape index (κ1) is 27.5. The second kappa shape index (κ2) is 11.2. The van der Waals surface area contributed by atoms with Crippen LogP contribution in [0.25, 0.3) is 16.6 Å². The minimum Gasteiger partial charge on any atom is -0.444 e. The number of benzene rings is 1. The van der Waals surface area contributed by atoms with Crippen LogP contribution in [0.4, 0.5) is 16.2 Å². The van der Waals surface area contributed by atoms with Gasteiger partial charge in [-0.1, -0.05) is 23.7 Å². The fourth-order valence-electron chi connectivity index (χ4n) is 4.92. The molecule has 1 aliphatic carbocycles. The SMILES string of the molecule is Cn1cc(-c2cc3c(N[C@H]4CC[C@H](NC(=O)OC(C)(C)C)CC4)c(/C(N)=N/c4ccccc4Cl)cnn3c2)cn1. The lowest BCUT2D eigenvalue weighted by molar-refractivity contribution is 0.0492. The molecule has 210 valence electrons. The fourth-order valence-corrected chi connectivity index (χ4v) is 5.10. The van der Waals surface area contributed by atoms with Crippen molar-refractivity contribution in [1.82, 2.24) is 24.7 Å². The summed E-state index contributed by atoms with van der Waals surface area (Å²) >= 11 is 6.36. The highest BCUT2D eigenvalue weighted by Gasteiger charge is 2.26. The van der Waals surface area contributed by atoms with E-state index in [1.807, 2.05) is 69.1 Å². The Morgan fingerprint density at radius 3 is 2.48 bits per heavy atom. The number of amides is 1. The third kappa shape index (κ3) is 6.39. The molecule has 0 unspecified atom stereocenters. The van der Waals surface area contributed by atoms with Crippen molar-refractivity contribution in [3.8, 4) is 11.1 Å². The van der Waals surface area contributed by atoms with Crippen molar-refractivity contribution in [2.45, 2.75) is 64.1 Å². The fraction of sp³-hybridized carbons (Fsp3) is 0.379. The Morgan fingerprint density at radius 1 is 1.07 bits per heavy atom. The zero-order valence-electron chi connectivity index (χ0n) is 23.2. The third-order valence-corrected chi connectivity index (χ3v) is 7.16. The van der Waals surface area contributed by atoms with E-state index in [9.17, 15) is 4.79 Å². The van der Waals surface area contributed by atoms with Crippen LogP contribution in [0.15, 0.2) is 60.1 Å². The molecular formula is C29H35ClN8O2. The number of hydrogen-bond donors (Lipinski definition) is 3. The van der Waals surface area contributed by atoms with E-state index in [4.69, 9.17) is 22.1 Å². The topological polar surface area (TPSA) is 124 Å². The Balaban J connectivity index is 1.43. The number of ether oxygens (including phenoxy) is 1. The van der Waals surface area contributed by atoms with Crippen molar-refractivity contribution >= 4 is 40.4 Å². The maximum absolute atomic E-state index is 12.3. The smallest absolute Gasteiger partial charge is 0.407 e. The van der Waals surface area contributed by atoms with Gasteiger partial charge in [0.1, 0.15) is 11.4 Å². The summed E-state index contributed by atoms with van der Waals surface area (Å²) in [5, 5.41) is 16.2. The van der Waals surface area contributed by atoms with E-state index in [0.29, 0.717) is 22.1 Å².